The van der Waals surface area contributed by atoms with Crippen molar-refractivity contribution in [3.63, 3.8) is 0 Å². The third kappa shape index (κ3) is 4.45. The van der Waals surface area contributed by atoms with Crippen LogP contribution in [-0.2, 0) is 4.79 Å². The molecule has 0 saturated carbocycles. The molecule has 2 aromatic carbocycles. The average molecular weight is 299 g/mol. The number of hydrogen-bond donors (Lipinski definition) is 1. The molecule has 0 bridgehead atoms. The molecule has 0 aromatic heterocycles. The van der Waals surface area contributed by atoms with E-state index in [-0.39, 0.29) is 5.75 Å². The molecule has 0 unspecified atom stereocenters. The molecule has 0 atom stereocenters. The van der Waals surface area contributed by atoms with Crippen molar-refractivity contribution < 1.29 is 18.0 Å². The van der Waals surface area contributed by atoms with E-state index in [0.29, 0.717) is 0 Å². The summed E-state index contributed by atoms with van der Waals surface area (Å²) < 4.78 is 35.8. The van der Waals surface area contributed by atoms with Crippen LogP contribution in [0.4, 0.5) is 13.2 Å². The lowest BCUT2D eigenvalue weighted by molar-refractivity contribution is -0.136. The highest BCUT2D eigenvalue weighted by atomic mass is 32.2. The lowest BCUT2D eigenvalue weighted by atomic mass is 10.1. The third-order valence-electron chi connectivity index (χ3n) is 2.58. The van der Waals surface area contributed by atoms with Gasteiger partial charge in [0.1, 0.15) is 6.54 Å². The Morgan fingerprint density at radius 1 is 1.10 bits per heavy atom. The van der Waals surface area contributed by atoms with Crippen LogP contribution in [0.15, 0.2) is 47.4 Å². The van der Waals surface area contributed by atoms with Crippen molar-refractivity contribution in [3.8, 4) is 0 Å². The van der Waals surface area contributed by atoms with Gasteiger partial charge in [0.05, 0.1) is 5.75 Å². The Hall–Kier alpha value is -1.69. The van der Waals surface area contributed by atoms with Gasteiger partial charge in [0, 0.05) is 4.90 Å². The number of benzene rings is 2. The van der Waals surface area contributed by atoms with Gasteiger partial charge in [-0.15, -0.1) is 11.8 Å². The molecule has 0 radical (unpaired) electrons. The molecule has 0 saturated heterocycles. The van der Waals surface area contributed by atoms with Gasteiger partial charge in [0.25, 0.3) is 0 Å². The maximum Gasteiger partial charge on any atom is 0.405 e. The Kier molecular flexibility index (Phi) is 4.54. The predicted molar refractivity (Wildman–Crippen MR) is 73.7 cm³/mol. The monoisotopic (exact) mass is 299 g/mol. The molecule has 2 rings (SSSR count). The van der Waals surface area contributed by atoms with Gasteiger partial charge in [-0.2, -0.15) is 13.2 Å². The van der Waals surface area contributed by atoms with E-state index in [0.717, 1.165) is 15.7 Å². The molecule has 2 nitrogen and oxygen atoms in total. The second-order valence-electron chi connectivity index (χ2n) is 4.19. The SMILES string of the molecule is O=C(CSc1ccc2ccccc2c1)NCC(F)(F)F. The number of alkyl halides is 3. The summed E-state index contributed by atoms with van der Waals surface area (Å²) in [6, 6.07) is 13.4. The fourth-order valence-corrected chi connectivity index (χ4v) is 2.43. The Labute approximate surface area is 118 Å². The Balaban J connectivity index is 1.90. The van der Waals surface area contributed by atoms with Gasteiger partial charge >= 0.3 is 6.18 Å². The van der Waals surface area contributed by atoms with E-state index in [1.54, 1.807) is 0 Å². The Bertz CT molecular complexity index is 613. The maximum absolute atomic E-state index is 11.9. The Morgan fingerprint density at radius 2 is 1.80 bits per heavy atom. The van der Waals surface area contributed by atoms with Crippen LogP contribution in [0.1, 0.15) is 0 Å². The van der Waals surface area contributed by atoms with Gasteiger partial charge in [-0.05, 0) is 22.9 Å². The van der Waals surface area contributed by atoms with Gasteiger partial charge in [-0.25, -0.2) is 0 Å². The molecule has 0 aliphatic carbocycles. The van der Waals surface area contributed by atoms with Crippen LogP contribution in [0.3, 0.4) is 0 Å². The number of halogens is 3. The van der Waals surface area contributed by atoms with Crippen LogP contribution in [0.5, 0.6) is 0 Å². The molecule has 20 heavy (non-hydrogen) atoms. The molecule has 0 fully saturated rings. The molecular formula is C14H12F3NOS. The van der Waals surface area contributed by atoms with Crippen LogP contribution in [0.25, 0.3) is 10.8 Å². The molecule has 0 aliphatic rings. The largest absolute Gasteiger partial charge is 0.405 e. The van der Waals surface area contributed by atoms with Crippen LogP contribution >= 0.6 is 11.8 Å². The topological polar surface area (TPSA) is 29.1 Å². The fourth-order valence-electron chi connectivity index (χ4n) is 1.66. The third-order valence-corrected chi connectivity index (χ3v) is 3.57. The van der Waals surface area contributed by atoms with E-state index in [1.807, 2.05) is 47.8 Å². The van der Waals surface area contributed by atoms with Crippen LogP contribution < -0.4 is 5.32 Å². The fraction of sp³-hybridized carbons (Fsp3) is 0.214. The first-order valence-corrected chi connectivity index (χ1v) is 6.88. The summed E-state index contributed by atoms with van der Waals surface area (Å²) >= 11 is 1.21. The normalized spacial score (nSPS) is 11.6. The van der Waals surface area contributed by atoms with Gasteiger partial charge in [0.15, 0.2) is 0 Å². The number of hydrogen-bond acceptors (Lipinski definition) is 2. The van der Waals surface area contributed by atoms with E-state index in [2.05, 4.69) is 0 Å². The first-order chi connectivity index (χ1) is 9.44. The molecule has 106 valence electrons. The molecular weight excluding hydrogens is 287 g/mol. The van der Waals surface area contributed by atoms with E-state index < -0.39 is 18.6 Å². The number of amides is 1. The van der Waals surface area contributed by atoms with E-state index in [4.69, 9.17) is 0 Å². The van der Waals surface area contributed by atoms with Crippen LogP contribution in [-0.4, -0.2) is 24.4 Å². The van der Waals surface area contributed by atoms with Gasteiger partial charge in [0.2, 0.25) is 5.91 Å². The molecule has 0 heterocycles. The number of carbonyl (C=O) groups is 1. The zero-order valence-electron chi connectivity index (χ0n) is 10.4. The van der Waals surface area contributed by atoms with Crippen molar-refractivity contribution >= 4 is 28.4 Å². The number of rotatable bonds is 4. The standard InChI is InChI=1S/C14H12F3NOS/c15-14(16,17)9-18-13(19)8-20-12-6-5-10-3-1-2-4-11(10)7-12/h1-7H,8-9H2,(H,18,19). The minimum Gasteiger partial charge on any atom is -0.346 e. The van der Waals surface area contributed by atoms with Gasteiger partial charge in [-0.1, -0.05) is 30.3 Å². The molecule has 6 heteroatoms. The average Bonchev–Trinajstić information content (AvgIpc) is 2.42. The number of thioether (sulfide) groups is 1. The summed E-state index contributed by atoms with van der Waals surface area (Å²) in [6.07, 6.45) is -4.37. The summed E-state index contributed by atoms with van der Waals surface area (Å²) in [6.45, 7) is -1.29. The van der Waals surface area contributed by atoms with Crippen LogP contribution in [0.2, 0.25) is 0 Å². The Morgan fingerprint density at radius 3 is 2.50 bits per heavy atom. The maximum atomic E-state index is 11.9. The molecule has 1 N–H and O–H groups in total. The lowest BCUT2D eigenvalue weighted by Gasteiger charge is -2.08. The quantitative estimate of drug-likeness (QED) is 0.874. The molecule has 0 aliphatic heterocycles. The van der Waals surface area contributed by atoms with Crippen molar-refractivity contribution in [1.82, 2.24) is 5.32 Å². The zero-order valence-corrected chi connectivity index (χ0v) is 11.2. The summed E-state index contributed by atoms with van der Waals surface area (Å²) in [5, 5.41) is 3.96. The second kappa shape index (κ2) is 6.17. The summed E-state index contributed by atoms with van der Waals surface area (Å²) in [5.74, 6) is -0.658. The lowest BCUT2D eigenvalue weighted by Crippen LogP contribution is -2.34. The van der Waals surface area contributed by atoms with Crippen LogP contribution in [0, 0.1) is 0 Å². The highest BCUT2D eigenvalue weighted by Gasteiger charge is 2.27. The number of nitrogens with one attached hydrogen (secondary N) is 1. The first kappa shape index (κ1) is 14.7. The van der Waals surface area contributed by atoms with E-state index in [1.165, 1.54) is 11.8 Å². The highest BCUT2D eigenvalue weighted by Crippen LogP contribution is 2.23. The summed E-state index contributed by atoms with van der Waals surface area (Å²) in [4.78, 5) is 12.1. The van der Waals surface area contributed by atoms with Gasteiger partial charge < -0.3 is 5.32 Å². The van der Waals surface area contributed by atoms with Crippen molar-refractivity contribution in [1.29, 1.82) is 0 Å². The first-order valence-electron chi connectivity index (χ1n) is 5.89. The van der Waals surface area contributed by atoms with Crippen molar-refractivity contribution in [2.24, 2.45) is 0 Å². The molecule has 0 spiro atoms. The number of fused-ring (bicyclic) bond motifs is 1. The predicted octanol–water partition coefficient (Wildman–Crippen LogP) is 3.61. The minimum atomic E-state index is -4.37. The van der Waals surface area contributed by atoms with Crippen molar-refractivity contribution in [3.05, 3.63) is 42.5 Å². The van der Waals surface area contributed by atoms with Crippen molar-refractivity contribution in [2.75, 3.05) is 12.3 Å². The van der Waals surface area contributed by atoms with Gasteiger partial charge in [-0.3, -0.25) is 4.79 Å². The minimum absolute atomic E-state index is 0.0333. The van der Waals surface area contributed by atoms with E-state index in [9.17, 15) is 18.0 Å². The summed E-state index contributed by atoms with van der Waals surface area (Å²) in [7, 11) is 0. The second-order valence-corrected chi connectivity index (χ2v) is 5.24. The smallest absolute Gasteiger partial charge is 0.346 e. The number of carbonyl (C=O) groups excluding carboxylic acids is 1. The van der Waals surface area contributed by atoms with E-state index >= 15 is 0 Å². The summed E-state index contributed by atoms with van der Waals surface area (Å²) in [5.41, 5.74) is 0. The molecule has 1 amide bonds. The highest BCUT2D eigenvalue weighted by molar-refractivity contribution is 8.00. The zero-order chi connectivity index (χ0) is 14.6. The van der Waals surface area contributed by atoms with Crippen molar-refractivity contribution in [2.45, 2.75) is 11.1 Å². The molecule has 2 aromatic rings.